The van der Waals surface area contributed by atoms with Gasteiger partial charge in [0.25, 0.3) is 0 Å². The maximum atomic E-state index is 4.35. The number of hydrogen-bond acceptors (Lipinski definition) is 4. The highest BCUT2D eigenvalue weighted by Crippen LogP contribution is 2.20. The smallest absolute Gasteiger partial charge is 0.0828 e. The zero-order valence-corrected chi connectivity index (χ0v) is 11.9. The number of aromatic nitrogens is 5. The average molecular weight is 290 g/mol. The van der Waals surface area contributed by atoms with Gasteiger partial charge in [-0.25, -0.2) is 9.36 Å². The zero-order valence-electron chi connectivity index (χ0n) is 11.9. The molecule has 0 saturated heterocycles. The fraction of sp³-hybridized carbons (Fsp3) is 0. The van der Waals surface area contributed by atoms with Crippen LogP contribution in [-0.2, 0) is 0 Å². The summed E-state index contributed by atoms with van der Waals surface area (Å²) in [7, 11) is 0. The Labute approximate surface area is 127 Å². The van der Waals surface area contributed by atoms with E-state index in [1.807, 2.05) is 24.5 Å². The number of nitrogens with zero attached hydrogens (tertiary/aromatic N) is 6. The van der Waals surface area contributed by atoms with Crippen LogP contribution in [0.25, 0.3) is 22.5 Å². The summed E-state index contributed by atoms with van der Waals surface area (Å²) in [6, 6.07) is 3.82. The summed E-state index contributed by atoms with van der Waals surface area (Å²) in [6.45, 7) is 7.18. The van der Waals surface area contributed by atoms with Gasteiger partial charge in [-0.2, -0.15) is 10.2 Å². The third-order valence-electron chi connectivity index (χ3n) is 3.11. The minimum atomic E-state index is 0.751. The van der Waals surface area contributed by atoms with Gasteiger partial charge in [-0.15, -0.1) is 0 Å². The van der Waals surface area contributed by atoms with Gasteiger partial charge in [-0.05, 0) is 24.9 Å². The maximum Gasteiger partial charge on any atom is 0.0828 e. The molecule has 0 bridgehead atoms. The molecule has 6 heteroatoms. The van der Waals surface area contributed by atoms with Crippen molar-refractivity contribution >= 4 is 12.4 Å². The summed E-state index contributed by atoms with van der Waals surface area (Å²) in [5.41, 5.74) is 3.57. The van der Waals surface area contributed by atoms with Gasteiger partial charge in [0.05, 0.1) is 36.2 Å². The number of pyridine rings is 1. The molecule has 0 aromatic carbocycles. The minimum Gasteiger partial charge on any atom is -0.270 e. The Bertz CT molecular complexity index is 825. The van der Waals surface area contributed by atoms with E-state index in [0.29, 0.717) is 0 Å². The number of hydrogen-bond donors (Lipinski definition) is 0. The lowest BCUT2D eigenvalue weighted by molar-refractivity contribution is 0.874. The van der Waals surface area contributed by atoms with Crippen molar-refractivity contribution in [3.63, 3.8) is 0 Å². The molecule has 0 aliphatic carbocycles. The van der Waals surface area contributed by atoms with E-state index < -0.39 is 0 Å². The van der Waals surface area contributed by atoms with Crippen LogP contribution in [0.5, 0.6) is 0 Å². The van der Waals surface area contributed by atoms with Crippen molar-refractivity contribution in [2.24, 2.45) is 4.99 Å². The fourth-order valence-electron chi connectivity index (χ4n) is 2.01. The lowest BCUT2D eigenvalue weighted by atomic mass is 10.2. The third-order valence-corrected chi connectivity index (χ3v) is 3.11. The van der Waals surface area contributed by atoms with Crippen molar-refractivity contribution in [2.75, 3.05) is 0 Å². The number of rotatable bonds is 5. The molecule has 0 saturated carbocycles. The van der Waals surface area contributed by atoms with Gasteiger partial charge < -0.3 is 0 Å². The van der Waals surface area contributed by atoms with Crippen LogP contribution < -0.4 is 0 Å². The van der Waals surface area contributed by atoms with Crippen LogP contribution in [0.1, 0.15) is 0 Å². The van der Waals surface area contributed by atoms with Crippen LogP contribution in [0.3, 0.4) is 0 Å². The Balaban J connectivity index is 1.92. The molecule has 6 nitrogen and oxygen atoms in total. The van der Waals surface area contributed by atoms with Gasteiger partial charge in [0.15, 0.2) is 0 Å². The van der Waals surface area contributed by atoms with E-state index in [1.54, 1.807) is 46.4 Å². The van der Waals surface area contributed by atoms with Gasteiger partial charge in [-0.3, -0.25) is 9.98 Å². The Morgan fingerprint density at radius 3 is 2.68 bits per heavy atom. The Kier molecular flexibility index (Phi) is 3.74. The fourth-order valence-corrected chi connectivity index (χ4v) is 2.01. The molecule has 0 spiro atoms. The quantitative estimate of drug-likeness (QED) is 0.536. The summed E-state index contributed by atoms with van der Waals surface area (Å²) in [6.07, 6.45) is 14.1. The first-order chi connectivity index (χ1) is 10.8. The van der Waals surface area contributed by atoms with Gasteiger partial charge in [0.2, 0.25) is 0 Å². The van der Waals surface area contributed by atoms with Crippen molar-refractivity contribution in [2.45, 2.75) is 0 Å². The molecule has 0 radical (unpaired) electrons. The van der Waals surface area contributed by atoms with Gasteiger partial charge in [0.1, 0.15) is 0 Å². The van der Waals surface area contributed by atoms with Crippen molar-refractivity contribution in [1.82, 2.24) is 24.5 Å². The van der Waals surface area contributed by atoms with Crippen molar-refractivity contribution < 1.29 is 0 Å². The molecular formula is C16H14N6. The molecule has 0 unspecified atom stereocenters. The second kappa shape index (κ2) is 6.01. The highest BCUT2D eigenvalue weighted by Gasteiger charge is 2.07. The topological polar surface area (TPSA) is 60.9 Å². The number of aliphatic imine (C=N–C) groups is 1. The Hall–Kier alpha value is -3.28. The minimum absolute atomic E-state index is 0.751. The maximum absolute atomic E-state index is 4.35. The van der Waals surface area contributed by atoms with Crippen molar-refractivity contribution in [1.29, 1.82) is 0 Å². The summed E-state index contributed by atoms with van der Waals surface area (Å²) in [5, 5.41) is 8.65. The highest BCUT2D eigenvalue weighted by molar-refractivity contribution is 5.64. The summed E-state index contributed by atoms with van der Waals surface area (Å²) in [4.78, 5) is 7.83. The van der Waals surface area contributed by atoms with Crippen LogP contribution in [0, 0.1) is 0 Å². The molecule has 3 heterocycles. The molecular weight excluding hydrogens is 276 g/mol. The Morgan fingerprint density at radius 2 is 1.95 bits per heavy atom. The first-order valence-electron chi connectivity index (χ1n) is 6.61. The van der Waals surface area contributed by atoms with Gasteiger partial charge in [-0.1, -0.05) is 6.58 Å². The van der Waals surface area contributed by atoms with E-state index in [1.165, 1.54) is 0 Å². The zero-order chi connectivity index (χ0) is 15.4. The van der Waals surface area contributed by atoms with E-state index in [0.717, 1.165) is 22.5 Å². The molecule has 3 rings (SSSR count). The third kappa shape index (κ3) is 2.62. The second-order valence-corrected chi connectivity index (χ2v) is 4.50. The standard InChI is InChI=1S/C16H14N6/c1-3-15(9-17-2)21-11-13(7-19-21)14-8-20-22(12-14)16-5-4-6-18-10-16/h3-12H,1-2H2/b15-9+. The predicted molar refractivity (Wildman–Crippen MR) is 86.6 cm³/mol. The molecule has 108 valence electrons. The van der Waals surface area contributed by atoms with E-state index in [-0.39, 0.29) is 0 Å². The molecule has 3 aromatic heterocycles. The molecule has 3 aromatic rings. The summed E-state index contributed by atoms with van der Waals surface area (Å²) in [5.74, 6) is 0. The van der Waals surface area contributed by atoms with Crippen LogP contribution in [0.4, 0.5) is 0 Å². The monoisotopic (exact) mass is 290 g/mol. The van der Waals surface area contributed by atoms with Crippen LogP contribution in [0.2, 0.25) is 0 Å². The molecule has 0 aliphatic heterocycles. The van der Waals surface area contributed by atoms with Crippen molar-refractivity contribution in [3.05, 3.63) is 68.2 Å². The molecule has 0 amide bonds. The molecule has 0 fully saturated rings. The van der Waals surface area contributed by atoms with E-state index >= 15 is 0 Å². The van der Waals surface area contributed by atoms with Gasteiger partial charge in [0, 0.05) is 29.7 Å². The SMILES string of the molecule is C=C/C(=C\N=C)n1cc(-c2cnn(-c3cccnc3)c2)cn1. The summed E-state index contributed by atoms with van der Waals surface area (Å²) < 4.78 is 3.47. The normalized spacial score (nSPS) is 11.4. The molecule has 0 N–H and O–H groups in total. The van der Waals surface area contributed by atoms with Gasteiger partial charge >= 0.3 is 0 Å². The second-order valence-electron chi connectivity index (χ2n) is 4.50. The molecule has 0 aliphatic rings. The van der Waals surface area contributed by atoms with Crippen LogP contribution in [0.15, 0.2) is 73.2 Å². The highest BCUT2D eigenvalue weighted by atomic mass is 15.3. The lowest BCUT2D eigenvalue weighted by Gasteiger charge is -1.99. The average Bonchev–Trinajstić information content (AvgIpc) is 3.22. The lowest BCUT2D eigenvalue weighted by Crippen LogP contribution is -1.93. The number of allylic oxidation sites excluding steroid dienone is 2. The van der Waals surface area contributed by atoms with Crippen LogP contribution >= 0.6 is 0 Å². The molecule has 0 atom stereocenters. The van der Waals surface area contributed by atoms with Crippen LogP contribution in [-0.4, -0.2) is 31.3 Å². The van der Waals surface area contributed by atoms with E-state index in [2.05, 4.69) is 33.5 Å². The van der Waals surface area contributed by atoms with E-state index in [9.17, 15) is 0 Å². The first kappa shape index (κ1) is 13.7. The molecule has 22 heavy (non-hydrogen) atoms. The largest absolute Gasteiger partial charge is 0.270 e. The predicted octanol–water partition coefficient (Wildman–Crippen LogP) is 2.82. The van der Waals surface area contributed by atoms with E-state index in [4.69, 9.17) is 0 Å². The first-order valence-corrected chi connectivity index (χ1v) is 6.61. The Morgan fingerprint density at radius 1 is 1.14 bits per heavy atom. The van der Waals surface area contributed by atoms with Crippen molar-refractivity contribution in [3.8, 4) is 16.8 Å². The summed E-state index contributed by atoms with van der Waals surface area (Å²) >= 11 is 0.